The van der Waals surface area contributed by atoms with E-state index in [-0.39, 0.29) is 5.91 Å². The second-order valence-corrected chi connectivity index (χ2v) is 8.77. The zero-order valence-electron chi connectivity index (χ0n) is 16.4. The molecule has 148 valence electrons. The fourth-order valence-electron chi connectivity index (χ4n) is 3.17. The Labute approximate surface area is 175 Å². The normalized spacial score (nSPS) is 11.0. The number of imidazole rings is 1. The Morgan fingerprint density at radius 3 is 2.52 bits per heavy atom. The number of rotatable bonds is 4. The summed E-state index contributed by atoms with van der Waals surface area (Å²) < 4.78 is 6.89. The SMILES string of the molecule is COC(=O)c1c(NC(=O)c2cn3c(C)csc3n2)sc(C)c1-c1ccc(C)cc1. The molecule has 1 aromatic carbocycles. The monoisotopic (exact) mass is 425 g/mol. The average molecular weight is 426 g/mol. The summed E-state index contributed by atoms with van der Waals surface area (Å²) in [6, 6.07) is 7.92. The van der Waals surface area contributed by atoms with Crippen LogP contribution in [0.25, 0.3) is 16.1 Å². The lowest BCUT2D eigenvalue weighted by Crippen LogP contribution is -2.14. The van der Waals surface area contributed by atoms with E-state index in [0.717, 1.165) is 32.2 Å². The van der Waals surface area contributed by atoms with Crippen molar-refractivity contribution in [3.05, 3.63) is 63.2 Å². The van der Waals surface area contributed by atoms with Crippen molar-refractivity contribution in [2.24, 2.45) is 0 Å². The lowest BCUT2D eigenvalue weighted by molar-refractivity contribution is 0.0603. The van der Waals surface area contributed by atoms with Crippen LogP contribution in [0.1, 0.15) is 37.0 Å². The van der Waals surface area contributed by atoms with E-state index in [9.17, 15) is 9.59 Å². The van der Waals surface area contributed by atoms with Crippen molar-refractivity contribution in [2.45, 2.75) is 20.8 Å². The number of thiophene rings is 1. The zero-order chi connectivity index (χ0) is 20.7. The van der Waals surface area contributed by atoms with E-state index in [1.165, 1.54) is 29.8 Å². The summed E-state index contributed by atoms with van der Waals surface area (Å²) >= 11 is 2.83. The van der Waals surface area contributed by atoms with Crippen LogP contribution in [-0.4, -0.2) is 28.4 Å². The molecule has 8 heteroatoms. The van der Waals surface area contributed by atoms with Crippen LogP contribution in [0.4, 0.5) is 5.00 Å². The second-order valence-electron chi connectivity index (χ2n) is 6.70. The van der Waals surface area contributed by atoms with Crippen LogP contribution in [0.15, 0.2) is 35.8 Å². The van der Waals surface area contributed by atoms with Gasteiger partial charge in [-0.05, 0) is 26.3 Å². The molecule has 0 aliphatic heterocycles. The van der Waals surface area contributed by atoms with Gasteiger partial charge >= 0.3 is 5.97 Å². The van der Waals surface area contributed by atoms with Gasteiger partial charge in [0.1, 0.15) is 16.3 Å². The number of thiazole rings is 1. The Kier molecular flexibility index (Phi) is 4.97. The molecule has 0 radical (unpaired) electrons. The van der Waals surface area contributed by atoms with E-state index >= 15 is 0 Å². The van der Waals surface area contributed by atoms with Gasteiger partial charge in [-0.2, -0.15) is 0 Å². The van der Waals surface area contributed by atoms with Gasteiger partial charge in [-0.1, -0.05) is 29.8 Å². The summed E-state index contributed by atoms with van der Waals surface area (Å²) in [5.74, 6) is -0.843. The molecule has 3 aromatic heterocycles. The number of aromatic nitrogens is 2. The number of carbonyl (C=O) groups excluding carboxylic acids is 2. The molecule has 6 nitrogen and oxygen atoms in total. The molecule has 0 fully saturated rings. The van der Waals surface area contributed by atoms with Crippen LogP contribution in [-0.2, 0) is 4.74 Å². The Bertz CT molecular complexity index is 1230. The third-order valence-corrected chi connectivity index (χ3v) is 6.64. The molecule has 29 heavy (non-hydrogen) atoms. The Morgan fingerprint density at radius 1 is 1.14 bits per heavy atom. The fourth-order valence-corrected chi connectivity index (χ4v) is 5.08. The van der Waals surface area contributed by atoms with E-state index in [0.29, 0.717) is 16.3 Å². The van der Waals surface area contributed by atoms with Crippen LogP contribution < -0.4 is 5.32 Å². The lowest BCUT2D eigenvalue weighted by Gasteiger charge is -2.08. The fraction of sp³-hybridized carbons (Fsp3) is 0.190. The summed E-state index contributed by atoms with van der Waals surface area (Å²) in [5, 5.41) is 5.31. The van der Waals surface area contributed by atoms with Gasteiger partial charge in [-0.25, -0.2) is 9.78 Å². The van der Waals surface area contributed by atoms with Crippen molar-refractivity contribution < 1.29 is 14.3 Å². The number of methoxy groups -OCH3 is 1. The van der Waals surface area contributed by atoms with Crippen molar-refractivity contribution in [3.63, 3.8) is 0 Å². The number of fused-ring (bicyclic) bond motifs is 1. The number of nitrogens with zero attached hydrogens (tertiary/aromatic N) is 2. The quantitative estimate of drug-likeness (QED) is 0.462. The largest absolute Gasteiger partial charge is 0.465 e. The number of hydrogen-bond donors (Lipinski definition) is 1. The van der Waals surface area contributed by atoms with E-state index in [4.69, 9.17) is 4.74 Å². The van der Waals surface area contributed by atoms with Gasteiger partial charge in [0, 0.05) is 27.7 Å². The highest BCUT2D eigenvalue weighted by atomic mass is 32.1. The highest BCUT2D eigenvalue weighted by molar-refractivity contribution is 7.17. The van der Waals surface area contributed by atoms with Crippen LogP contribution in [0, 0.1) is 20.8 Å². The maximum absolute atomic E-state index is 12.8. The van der Waals surface area contributed by atoms with Gasteiger partial charge in [0.25, 0.3) is 5.91 Å². The Hall–Kier alpha value is -2.97. The topological polar surface area (TPSA) is 72.7 Å². The maximum Gasteiger partial charge on any atom is 0.341 e. The lowest BCUT2D eigenvalue weighted by atomic mass is 10.0. The average Bonchev–Trinajstić information content (AvgIpc) is 3.36. The Morgan fingerprint density at radius 2 is 1.86 bits per heavy atom. The van der Waals surface area contributed by atoms with Crippen molar-refractivity contribution in [2.75, 3.05) is 12.4 Å². The molecule has 0 bridgehead atoms. The van der Waals surface area contributed by atoms with Crippen molar-refractivity contribution in [3.8, 4) is 11.1 Å². The van der Waals surface area contributed by atoms with Gasteiger partial charge in [0.2, 0.25) is 0 Å². The molecule has 4 aromatic rings. The van der Waals surface area contributed by atoms with Crippen LogP contribution in [0.5, 0.6) is 0 Å². The van der Waals surface area contributed by atoms with Crippen LogP contribution in [0.3, 0.4) is 0 Å². The molecule has 1 N–H and O–H groups in total. The molecule has 0 unspecified atom stereocenters. The first-order valence-corrected chi connectivity index (χ1v) is 10.6. The molecular formula is C21H19N3O3S2. The summed E-state index contributed by atoms with van der Waals surface area (Å²) in [5.41, 5.74) is 4.50. The highest BCUT2D eigenvalue weighted by Crippen LogP contribution is 2.40. The van der Waals surface area contributed by atoms with Gasteiger partial charge in [-0.15, -0.1) is 22.7 Å². The standard InChI is InChI=1S/C21H19N3O3S2/c1-11-5-7-14(8-6-11)16-13(3)29-19(17(16)20(26)27-4)23-18(25)15-9-24-12(2)10-28-21(24)22-15/h5-10H,1-4H3,(H,23,25). The second kappa shape index (κ2) is 7.46. The zero-order valence-corrected chi connectivity index (χ0v) is 18.0. The minimum atomic E-state index is -0.484. The smallest absolute Gasteiger partial charge is 0.341 e. The van der Waals surface area contributed by atoms with E-state index in [2.05, 4.69) is 10.3 Å². The van der Waals surface area contributed by atoms with E-state index < -0.39 is 5.97 Å². The molecule has 0 aliphatic rings. The number of benzene rings is 1. The minimum absolute atomic E-state index is 0.304. The number of carbonyl (C=O) groups is 2. The first-order chi connectivity index (χ1) is 13.9. The van der Waals surface area contributed by atoms with Crippen molar-refractivity contribution >= 4 is 44.5 Å². The number of anilines is 1. The predicted molar refractivity (Wildman–Crippen MR) is 116 cm³/mol. The Balaban J connectivity index is 1.74. The van der Waals surface area contributed by atoms with Gasteiger partial charge < -0.3 is 10.1 Å². The third kappa shape index (κ3) is 3.45. The first-order valence-electron chi connectivity index (χ1n) is 8.92. The van der Waals surface area contributed by atoms with Crippen LogP contribution in [0.2, 0.25) is 0 Å². The van der Waals surface area contributed by atoms with Crippen molar-refractivity contribution in [1.82, 2.24) is 9.38 Å². The minimum Gasteiger partial charge on any atom is -0.465 e. The summed E-state index contributed by atoms with van der Waals surface area (Å²) in [7, 11) is 1.34. The predicted octanol–water partition coefficient (Wildman–Crippen LogP) is 5.09. The molecule has 0 saturated carbocycles. The van der Waals surface area contributed by atoms with E-state index in [1.54, 1.807) is 6.20 Å². The highest BCUT2D eigenvalue weighted by Gasteiger charge is 2.26. The number of nitrogens with one attached hydrogen (secondary N) is 1. The number of ether oxygens (including phenoxy) is 1. The first kappa shape index (κ1) is 19.4. The molecule has 0 spiro atoms. The molecular weight excluding hydrogens is 406 g/mol. The van der Waals surface area contributed by atoms with Crippen molar-refractivity contribution in [1.29, 1.82) is 0 Å². The molecule has 0 aliphatic carbocycles. The van der Waals surface area contributed by atoms with E-state index in [1.807, 2.05) is 54.8 Å². The van der Waals surface area contributed by atoms with Gasteiger partial charge in [0.05, 0.1) is 7.11 Å². The molecule has 4 rings (SSSR count). The molecule has 0 saturated heterocycles. The van der Waals surface area contributed by atoms with Crippen LogP contribution >= 0.6 is 22.7 Å². The molecule has 0 atom stereocenters. The van der Waals surface area contributed by atoms with Gasteiger partial charge in [-0.3, -0.25) is 9.20 Å². The number of hydrogen-bond acceptors (Lipinski definition) is 6. The number of aryl methyl sites for hydroxylation is 3. The summed E-state index contributed by atoms with van der Waals surface area (Å²) in [6.07, 6.45) is 1.70. The number of esters is 1. The molecule has 3 heterocycles. The third-order valence-electron chi connectivity index (χ3n) is 4.66. The summed E-state index contributed by atoms with van der Waals surface area (Å²) in [6.45, 7) is 5.89. The molecule has 1 amide bonds. The maximum atomic E-state index is 12.8. The summed E-state index contributed by atoms with van der Waals surface area (Å²) in [4.78, 5) is 31.5. The number of amides is 1. The van der Waals surface area contributed by atoms with Gasteiger partial charge in [0.15, 0.2) is 4.96 Å².